The van der Waals surface area contributed by atoms with Crippen LogP contribution in [0.2, 0.25) is 0 Å². The molecule has 1 aliphatic carbocycles. The lowest BCUT2D eigenvalue weighted by Crippen LogP contribution is -2.51. The summed E-state index contributed by atoms with van der Waals surface area (Å²) in [6, 6.07) is 7.22. The molecule has 2 aromatic rings. The molecule has 15 heteroatoms. The van der Waals surface area contributed by atoms with E-state index in [0.29, 0.717) is 46.1 Å². The number of nitrogens with zero attached hydrogens (tertiary/aromatic N) is 4. The number of nitrogens with one attached hydrogen (secondary N) is 1. The molecule has 4 amide bonds. The quantitative estimate of drug-likeness (QED) is 0.498. The Balaban J connectivity index is 1.34. The first-order chi connectivity index (χ1) is 20.3. The number of imide groups is 1. The fourth-order valence-corrected chi connectivity index (χ4v) is 5.33. The van der Waals surface area contributed by atoms with Crippen molar-refractivity contribution in [2.24, 2.45) is 4.99 Å². The van der Waals surface area contributed by atoms with E-state index in [9.17, 15) is 36.7 Å². The summed E-state index contributed by atoms with van der Waals surface area (Å²) in [6.45, 7) is 0.00461. The summed E-state index contributed by atoms with van der Waals surface area (Å²) in [5.74, 6) is -2.31. The first kappa shape index (κ1) is 29.8. The molecule has 1 saturated heterocycles. The number of amides is 4. The fraction of sp³-hybridized carbons (Fsp3) is 0.393. The summed E-state index contributed by atoms with van der Waals surface area (Å²) in [5.41, 5.74) is 0.0882. The van der Waals surface area contributed by atoms with Gasteiger partial charge >= 0.3 is 18.4 Å². The van der Waals surface area contributed by atoms with Crippen LogP contribution in [-0.2, 0) is 37.6 Å². The normalized spacial score (nSPS) is 20.2. The lowest BCUT2D eigenvalue weighted by molar-refractivity contribution is -0.187. The van der Waals surface area contributed by atoms with Crippen LogP contribution in [0, 0.1) is 5.82 Å². The van der Waals surface area contributed by atoms with Crippen molar-refractivity contribution in [3.05, 3.63) is 65.0 Å². The number of guanidine groups is 1. The number of halogens is 4. The lowest BCUT2D eigenvalue weighted by atomic mass is 9.94. The summed E-state index contributed by atoms with van der Waals surface area (Å²) in [5, 5.41) is 3.04. The number of carbonyl (C=O) groups excluding carboxylic acids is 4. The lowest BCUT2D eigenvalue weighted by Gasteiger charge is -2.31. The minimum absolute atomic E-state index is 0.0640. The van der Waals surface area contributed by atoms with E-state index >= 15 is 0 Å². The molecule has 2 aromatic carbocycles. The molecule has 228 valence electrons. The van der Waals surface area contributed by atoms with Gasteiger partial charge < -0.3 is 19.7 Å². The minimum atomic E-state index is -4.81. The average Bonchev–Trinajstić information content (AvgIpc) is 3.64. The number of hydrogen-bond acceptors (Lipinski definition) is 8. The van der Waals surface area contributed by atoms with E-state index in [1.54, 1.807) is 18.2 Å². The first-order valence-electron chi connectivity index (χ1n) is 13.3. The van der Waals surface area contributed by atoms with E-state index in [1.807, 2.05) is 0 Å². The van der Waals surface area contributed by atoms with Crippen molar-refractivity contribution < 1.29 is 46.2 Å². The molecule has 0 bridgehead atoms. The number of alkyl halides is 3. The molecule has 5 rings (SSSR count). The number of ether oxygens (including phenoxy) is 2. The van der Waals surface area contributed by atoms with Gasteiger partial charge in [-0.05, 0) is 48.7 Å². The Hall–Kier alpha value is -4.69. The second kappa shape index (κ2) is 11.2. The van der Waals surface area contributed by atoms with Crippen molar-refractivity contribution in [3.63, 3.8) is 0 Å². The Morgan fingerprint density at radius 3 is 2.58 bits per heavy atom. The number of aliphatic imine (C=N–C) groups is 1. The predicted molar refractivity (Wildman–Crippen MR) is 142 cm³/mol. The van der Waals surface area contributed by atoms with Crippen molar-refractivity contribution in [3.8, 4) is 0 Å². The monoisotopic (exact) mass is 605 g/mol. The Kier molecular flexibility index (Phi) is 7.75. The summed E-state index contributed by atoms with van der Waals surface area (Å²) in [4.78, 5) is 58.2. The van der Waals surface area contributed by atoms with Crippen molar-refractivity contribution in [1.82, 2.24) is 14.7 Å². The SMILES string of the molecule is COC(=O)N1CCN=C1Nc1ccc2c(c1)CC[C@@]21OC(=O)N(CC(=O)N(Cc2ccc(F)cc2)[C@@H](C)C(F)(F)F)C1=O. The van der Waals surface area contributed by atoms with Gasteiger partial charge in [-0.1, -0.05) is 18.2 Å². The summed E-state index contributed by atoms with van der Waals surface area (Å²) < 4.78 is 64.6. The predicted octanol–water partition coefficient (Wildman–Crippen LogP) is 3.78. The van der Waals surface area contributed by atoms with E-state index in [-0.39, 0.29) is 17.9 Å². The molecular weight excluding hydrogens is 578 g/mol. The summed E-state index contributed by atoms with van der Waals surface area (Å²) >= 11 is 0. The zero-order chi connectivity index (χ0) is 31.1. The van der Waals surface area contributed by atoms with E-state index in [2.05, 4.69) is 10.3 Å². The van der Waals surface area contributed by atoms with Crippen molar-refractivity contribution >= 4 is 35.6 Å². The van der Waals surface area contributed by atoms with Crippen molar-refractivity contribution in [2.75, 3.05) is 32.1 Å². The molecule has 2 atom stereocenters. The van der Waals surface area contributed by atoms with Gasteiger partial charge in [-0.15, -0.1) is 0 Å². The van der Waals surface area contributed by atoms with Crippen LogP contribution in [0.4, 0.5) is 32.8 Å². The highest BCUT2D eigenvalue weighted by Gasteiger charge is 2.58. The van der Waals surface area contributed by atoms with Gasteiger partial charge in [0.15, 0.2) is 0 Å². The average molecular weight is 606 g/mol. The highest BCUT2D eigenvalue weighted by atomic mass is 19.4. The van der Waals surface area contributed by atoms with Gasteiger partial charge in [0.2, 0.25) is 17.5 Å². The van der Waals surface area contributed by atoms with Crippen LogP contribution in [0.25, 0.3) is 0 Å². The van der Waals surface area contributed by atoms with Gasteiger partial charge in [0.1, 0.15) is 18.4 Å². The number of carbonyl (C=O) groups is 4. The number of anilines is 1. The van der Waals surface area contributed by atoms with Crippen molar-refractivity contribution in [2.45, 2.75) is 44.1 Å². The molecule has 1 spiro atoms. The molecule has 1 N–H and O–H groups in total. The number of rotatable bonds is 6. The van der Waals surface area contributed by atoms with Crippen LogP contribution in [0.15, 0.2) is 47.5 Å². The maximum Gasteiger partial charge on any atom is 0.418 e. The van der Waals surface area contributed by atoms with Gasteiger partial charge in [-0.25, -0.2) is 23.8 Å². The highest BCUT2D eigenvalue weighted by Crippen LogP contribution is 2.46. The zero-order valence-electron chi connectivity index (χ0n) is 23.1. The molecular formula is C28H27F4N5O6. The Morgan fingerprint density at radius 1 is 1.19 bits per heavy atom. The third-order valence-corrected chi connectivity index (χ3v) is 7.67. The van der Waals surface area contributed by atoms with Crippen molar-refractivity contribution in [1.29, 1.82) is 0 Å². The van der Waals surface area contributed by atoms with E-state index in [0.717, 1.165) is 19.1 Å². The Bertz CT molecular complexity index is 1500. The Morgan fingerprint density at radius 2 is 1.91 bits per heavy atom. The number of benzene rings is 2. The molecule has 0 aromatic heterocycles. The smallest absolute Gasteiger partial charge is 0.418 e. The summed E-state index contributed by atoms with van der Waals surface area (Å²) in [7, 11) is 1.25. The van der Waals surface area contributed by atoms with Crippen LogP contribution in [0.3, 0.4) is 0 Å². The molecule has 0 saturated carbocycles. The molecule has 43 heavy (non-hydrogen) atoms. The van der Waals surface area contributed by atoms with E-state index in [4.69, 9.17) is 9.47 Å². The van der Waals surface area contributed by atoms with Gasteiger partial charge in [-0.3, -0.25) is 14.6 Å². The topological polar surface area (TPSA) is 121 Å². The first-order valence-corrected chi connectivity index (χ1v) is 13.3. The zero-order valence-corrected chi connectivity index (χ0v) is 23.1. The third-order valence-electron chi connectivity index (χ3n) is 7.67. The second-order valence-electron chi connectivity index (χ2n) is 10.3. The van der Waals surface area contributed by atoms with Crippen LogP contribution in [0.5, 0.6) is 0 Å². The largest absolute Gasteiger partial charge is 0.452 e. The summed E-state index contributed by atoms with van der Waals surface area (Å²) in [6.07, 6.45) is -6.15. The van der Waals surface area contributed by atoms with Crippen LogP contribution >= 0.6 is 0 Å². The molecule has 3 aliphatic rings. The maximum absolute atomic E-state index is 13.7. The number of fused-ring (bicyclic) bond motifs is 2. The molecule has 11 nitrogen and oxygen atoms in total. The molecule has 0 radical (unpaired) electrons. The van der Waals surface area contributed by atoms with Gasteiger partial charge in [0, 0.05) is 24.2 Å². The van der Waals surface area contributed by atoms with Gasteiger partial charge in [0.05, 0.1) is 20.2 Å². The molecule has 2 heterocycles. The standard InChI is InChI=1S/C28H27F4N5O6/c1-16(28(30,31)32)36(14-17-3-5-19(29)6-4-17)22(38)15-37-23(39)27(43-26(37)41)10-9-18-13-20(7-8-21(18)27)34-24-33-11-12-35(24)25(40)42-2/h3-8,13,16H,9-12,14-15H2,1-2H3,(H,33,34)/t16-,27+/m0/s1. The van der Waals surface area contributed by atoms with Gasteiger partial charge in [0.25, 0.3) is 5.91 Å². The third kappa shape index (κ3) is 5.58. The maximum atomic E-state index is 13.7. The van der Waals surface area contributed by atoms with E-state index in [1.165, 1.54) is 24.1 Å². The van der Waals surface area contributed by atoms with Gasteiger partial charge in [-0.2, -0.15) is 13.2 Å². The molecule has 0 unspecified atom stereocenters. The van der Waals surface area contributed by atoms with Crippen LogP contribution in [-0.4, -0.2) is 83.6 Å². The highest BCUT2D eigenvalue weighted by molar-refractivity contribution is 6.07. The fourth-order valence-electron chi connectivity index (χ4n) is 5.33. The van der Waals surface area contributed by atoms with Crippen LogP contribution < -0.4 is 5.32 Å². The minimum Gasteiger partial charge on any atom is -0.452 e. The number of aryl methyl sites for hydroxylation is 1. The molecule has 2 aliphatic heterocycles. The molecule has 1 fully saturated rings. The Labute approximate surface area is 243 Å². The number of methoxy groups -OCH3 is 1. The van der Waals surface area contributed by atoms with Crippen LogP contribution in [0.1, 0.15) is 30.0 Å². The van der Waals surface area contributed by atoms with E-state index < -0.39 is 60.7 Å². The second-order valence-corrected chi connectivity index (χ2v) is 10.3. The number of hydrogen-bond donors (Lipinski definition) is 1.